The van der Waals surface area contributed by atoms with E-state index in [0.29, 0.717) is 0 Å². The number of morpholine rings is 1. The molecule has 0 spiro atoms. The van der Waals surface area contributed by atoms with Crippen molar-refractivity contribution in [2.24, 2.45) is 0 Å². The molecule has 5 N–H and O–H groups in total. The number of nitrogens with one attached hydrogen (secondary N) is 1. The maximum atomic E-state index is 7.33. The predicted octanol–water partition coefficient (Wildman–Crippen LogP) is -3.00. The number of hydrogen-bond acceptors (Lipinski definition) is 6. The molecule has 0 unspecified atom stereocenters. The smallest absolute Gasteiger partial charge is 0.379 e. The Balaban J connectivity index is 0.000000187. The van der Waals surface area contributed by atoms with Gasteiger partial charge >= 0.3 is 9.05 Å². The van der Waals surface area contributed by atoms with Crippen LogP contribution < -0.4 is 5.32 Å². The zero-order chi connectivity index (χ0) is 8.74. The molecule has 0 aliphatic carbocycles. The second-order valence-electron chi connectivity index (χ2n) is 1.96. The third-order valence-electron chi connectivity index (χ3n) is 0.846. The standard InChI is InChI=1S/C4H9NO.H4O4Si/c1-3-6-4-2-5-1;1-5(2,3)4/h5H,1-4H2;1-4H. The van der Waals surface area contributed by atoms with Crippen LogP contribution in [0.15, 0.2) is 0 Å². The van der Waals surface area contributed by atoms with Crippen LogP contribution in [-0.2, 0) is 4.74 Å². The van der Waals surface area contributed by atoms with Crippen molar-refractivity contribution in [2.45, 2.75) is 0 Å². The average molecular weight is 183 g/mol. The first-order valence-electron chi connectivity index (χ1n) is 3.18. The van der Waals surface area contributed by atoms with Crippen molar-refractivity contribution in [2.75, 3.05) is 26.3 Å². The van der Waals surface area contributed by atoms with Crippen LogP contribution in [0.2, 0.25) is 0 Å². The van der Waals surface area contributed by atoms with Crippen LogP contribution >= 0.6 is 0 Å². The molecule has 0 aromatic rings. The summed E-state index contributed by atoms with van der Waals surface area (Å²) in [4.78, 5) is 29.3. The van der Waals surface area contributed by atoms with Gasteiger partial charge in [0.1, 0.15) is 0 Å². The van der Waals surface area contributed by atoms with Gasteiger partial charge in [0.25, 0.3) is 0 Å². The molecule has 7 heteroatoms. The monoisotopic (exact) mass is 183 g/mol. The molecule has 11 heavy (non-hydrogen) atoms. The average Bonchev–Trinajstić information content (AvgIpc) is 1.88. The van der Waals surface area contributed by atoms with Crippen LogP contribution in [0, 0.1) is 0 Å². The largest absolute Gasteiger partial charge is 0.668 e. The summed E-state index contributed by atoms with van der Waals surface area (Å²) in [5.74, 6) is 0. The van der Waals surface area contributed by atoms with Gasteiger partial charge in [-0.15, -0.1) is 0 Å². The third-order valence-corrected chi connectivity index (χ3v) is 0.846. The van der Waals surface area contributed by atoms with Crippen molar-refractivity contribution in [3.63, 3.8) is 0 Å². The Bertz CT molecular complexity index is 73.5. The lowest BCUT2D eigenvalue weighted by Gasteiger charge is -2.10. The molecule has 1 aliphatic rings. The maximum absolute atomic E-state index is 7.33. The third kappa shape index (κ3) is 17.8. The topological polar surface area (TPSA) is 102 Å². The van der Waals surface area contributed by atoms with Gasteiger partial charge in [-0.25, -0.2) is 0 Å². The molecule has 0 amide bonds. The van der Waals surface area contributed by atoms with Gasteiger partial charge in [-0.1, -0.05) is 0 Å². The highest BCUT2D eigenvalue weighted by atomic mass is 28.4. The lowest BCUT2D eigenvalue weighted by molar-refractivity contribution is 0.109. The second-order valence-corrected chi connectivity index (χ2v) is 3.16. The molecule has 0 aromatic carbocycles. The van der Waals surface area contributed by atoms with E-state index >= 15 is 0 Å². The van der Waals surface area contributed by atoms with Crippen LogP contribution in [0.5, 0.6) is 0 Å². The minimum Gasteiger partial charge on any atom is -0.379 e. The zero-order valence-electron chi connectivity index (χ0n) is 6.03. The van der Waals surface area contributed by atoms with Gasteiger partial charge in [0.05, 0.1) is 13.2 Å². The normalized spacial score (nSPS) is 18.5. The van der Waals surface area contributed by atoms with Crippen molar-refractivity contribution < 1.29 is 23.9 Å². The summed E-state index contributed by atoms with van der Waals surface area (Å²) in [5, 5.41) is 3.16. The summed E-state index contributed by atoms with van der Waals surface area (Å²) in [7, 11) is -4.61. The molecule has 1 rings (SSSR count). The summed E-state index contributed by atoms with van der Waals surface area (Å²) >= 11 is 0. The Morgan fingerprint density at radius 3 is 1.45 bits per heavy atom. The van der Waals surface area contributed by atoms with E-state index in [1.807, 2.05) is 0 Å². The molecule has 1 saturated heterocycles. The summed E-state index contributed by atoms with van der Waals surface area (Å²) in [6.07, 6.45) is 0. The van der Waals surface area contributed by atoms with Crippen molar-refractivity contribution in [3.05, 3.63) is 0 Å². The van der Waals surface area contributed by atoms with Crippen molar-refractivity contribution >= 4 is 9.05 Å². The van der Waals surface area contributed by atoms with E-state index in [2.05, 4.69) is 5.32 Å². The lowest BCUT2D eigenvalue weighted by Crippen LogP contribution is -2.33. The number of ether oxygens (including phenoxy) is 1. The molecular weight excluding hydrogens is 170 g/mol. The Labute approximate surface area is 65.5 Å². The van der Waals surface area contributed by atoms with Gasteiger partial charge in [-0.3, -0.25) is 0 Å². The number of hydrogen-bond donors (Lipinski definition) is 5. The van der Waals surface area contributed by atoms with Gasteiger partial charge in [0.2, 0.25) is 0 Å². The van der Waals surface area contributed by atoms with E-state index < -0.39 is 9.05 Å². The predicted molar refractivity (Wildman–Crippen MR) is 38.3 cm³/mol. The SMILES string of the molecule is C1COCCN1.O[Si](O)(O)O. The fraction of sp³-hybridized carbons (Fsp3) is 1.00. The van der Waals surface area contributed by atoms with Crippen molar-refractivity contribution in [1.82, 2.24) is 5.32 Å². The van der Waals surface area contributed by atoms with Crippen LogP contribution in [0.3, 0.4) is 0 Å². The Morgan fingerprint density at radius 2 is 1.36 bits per heavy atom. The highest BCUT2D eigenvalue weighted by Crippen LogP contribution is 1.76. The number of rotatable bonds is 0. The molecule has 6 nitrogen and oxygen atoms in total. The fourth-order valence-electron chi connectivity index (χ4n) is 0.516. The first-order chi connectivity index (χ1) is 5.00. The van der Waals surface area contributed by atoms with Gasteiger partial charge in [-0.2, -0.15) is 0 Å². The van der Waals surface area contributed by atoms with Gasteiger partial charge in [0.15, 0.2) is 0 Å². The molecule has 1 heterocycles. The molecular formula is C4H13NO5Si. The highest BCUT2D eigenvalue weighted by Gasteiger charge is 2.22. The molecule has 1 aliphatic heterocycles. The highest BCUT2D eigenvalue weighted by molar-refractivity contribution is 6.46. The Hall–Kier alpha value is -0.0231. The Morgan fingerprint density at radius 1 is 1.00 bits per heavy atom. The first kappa shape index (κ1) is 11.0. The minimum absolute atomic E-state index is 0.889. The Kier molecular flexibility index (Phi) is 5.59. The van der Waals surface area contributed by atoms with E-state index in [0.717, 1.165) is 26.3 Å². The van der Waals surface area contributed by atoms with E-state index in [1.165, 1.54) is 0 Å². The van der Waals surface area contributed by atoms with Crippen molar-refractivity contribution in [1.29, 1.82) is 0 Å². The van der Waals surface area contributed by atoms with Crippen molar-refractivity contribution in [3.8, 4) is 0 Å². The molecule has 1 fully saturated rings. The zero-order valence-corrected chi connectivity index (χ0v) is 7.03. The van der Waals surface area contributed by atoms with Gasteiger partial charge in [-0.05, 0) is 0 Å². The minimum atomic E-state index is -4.61. The molecule has 0 atom stereocenters. The lowest BCUT2D eigenvalue weighted by atomic mass is 10.5. The molecule has 0 radical (unpaired) electrons. The summed E-state index contributed by atoms with van der Waals surface area (Å²) in [6, 6.07) is 0. The maximum Gasteiger partial charge on any atom is 0.668 e. The fourth-order valence-corrected chi connectivity index (χ4v) is 0.516. The second kappa shape index (κ2) is 5.60. The van der Waals surface area contributed by atoms with Crippen LogP contribution in [0.4, 0.5) is 0 Å². The summed E-state index contributed by atoms with van der Waals surface area (Å²) < 4.78 is 5.01. The van der Waals surface area contributed by atoms with E-state index in [1.54, 1.807) is 0 Å². The van der Waals surface area contributed by atoms with Crippen LogP contribution in [-0.4, -0.2) is 54.5 Å². The molecule has 0 saturated carbocycles. The molecule has 68 valence electrons. The van der Waals surface area contributed by atoms with Crippen LogP contribution in [0.25, 0.3) is 0 Å². The molecule has 0 bridgehead atoms. The quantitative estimate of drug-likeness (QED) is 0.256. The van der Waals surface area contributed by atoms with E-state index in [9.17, 15) is 0 Å². The van der Waals surface area contributed by atoms with E-state index in [-0.39, 0.29) is 0 Å². The summed E-state index contributed by atoms with van der Waals surface area (Å²) in [5.41, 5.74) is 0. The first-order valence-corrected chi connectivity index (χ1v) is 4.97. The van der Waals surface area contributed by atoms with Gasteiger partial charge < -0.3 is 29.2 Å². The summed E-state index contributed by atoms with van der Waals surface area (Å²) in [6.45, 7) is 3.83. The van der Waals surface area contributed by atoms with E-state index in [4.69, 9.17) is 23.9 Å². The molecule has 0 aromatic heterocycles. The van der Waals surface area contributed by atoms with Gasteiger partial charge in [0, 0.05) is 13.1 Å². The van der Waals surface area contributed by atoms with Crippen LogP contribution in [0.1, 0.15) is 0 Å².